The maximum Gasteiger partial charge on any atom is 0.412 e. The molecule has 0 unspecified atom stereocenters. The molecule has 1 aromatic carbocycles. The normalized spacial score (nSPS) is 10.4. The molecular weight excluding hydrogens is 302 g/mol. The van der Waals surface area contributed by atoms with Crippen LogP contribution in [0.3, 0.4) is 0 Å². The number of carbonyl (C=O) groups is 1. The molecule has 0 aliphatic carbocycles. The molecule has 0 radical (unpaired) electrons. The van der Waals surface area contributed by atoms with Crippen LogP contribution in [-0.2, 0) is 0 Å². The van der Waals surface area contributed by atoms with Gasteiger partial charge in [-0.25, -0.2) is 4.79 Å². The molecule has 1 amide bonds. The lowest BCUT2D eigenvalue weighted by Crippen LogP contribution is -2.27. The number of ether oxygens (including phenoxy) is 1. The van der Waals surface area contributed by atoms with E-state index in [0.717, 1.165) is 28.8 Å². The van der Waals surface area contributed by atoms with Gasteiger partial charge in [0, 0.05) is 42.0 Å². The van der Waals surface area contributed by atoms with E-state index in [-0.39, 0.29) is 0 Å². The predicted molar refractivity (Wildman–Crippen MR) is 93.8 cm³/mol. The van der Waals surface area contributed by atoms with Gasteiger partial charge >= 0.3 is 6.09 Å². The molecule has 0 saturated heterocycles. The quantitative estimate of drug-likeness (QED) is 0.738. The van der Waals surface area contributed by atoms with Gasteiger partial charge in [0.05, 0.1) is 0 Å². The summed E-state index contributed by atoms with van der Waals surface area (Å²) in [5, 5.41) is 2.69. The van der Waals surface area contributed by atoms with E-state index >= 15 is 0 Å². The number of nitrogens with zero attached hydrogens (tertiary/aromatic N) is 1. The minimum absolute atomic E-state index is 0.438. The van der Waals surface area contributed by atoms with Crippen molar-refractivity contribution in [2.24, 2.45) is 0 Å². The number of carbonyl (C=O) groups excluding carboxylic acids is 1. The van der Waals surface area contributed by atoms with Crippen LogP contribution in [0.5, 0.6) is 5.75 Å². The number of amides is 1. The molecule has 0 spiro atoms. The fourth-order valence-electron chi connectivity index (χ4n) is 2.36. The number of nitrogens with one attached hydrogen (secondary N) is 2. The summed E-state index contributed by atoms with van der Waals surface area (Å²) in [6, 6.07) is 13.4. The van der Waals surface area contributed by atoms with Crippen LogP contribution in [0.25, 0.3) is 22.4 Å². The van der Waals surface area contributed by atoms with Crippen molar-refractivity contribution >= 4 is 6.09 Å². The molecule has 0 bridgehead atoms. The molecule has 0 fully saturated rings. The minimum atomic E-state index is -0.438. The first-order valence-electron chi connectivity index (χ1n) is 7.91. The maximum atomic E-state index is 11.7. The largest absolute Gasteiger partial charge is 0.412 e. The van der Waals surface area contributed by atoms with Gasteiger partial charge < -0.3 is 15.0 Å². The Bertz CT molecular complexity index is 813. The Labute approximate surface area is 140 Å². The average molecular weight is 321 g/mol. The predicted octanol–water partition coefficient (Wildman–Crippen LogP) is 4.24. The number of hydrogen-bond donors (Lipinski definition) is 2. The van der Waals surface area contributed by atoms with Gasteiger partial charge in [-0.2, -0.15) is 0 Å². The third-order valence-electron chi connectivity index (χ3n) is 3.54. The van der Waals surface area contributed by atoms with Gasteiger partial charge in [0.1, 0.15) is 5.75 Å². The highest BCUT2D eigenvalue weighted by atomic mass is 16.6. The zero-order chi connectivity index (χ0) is 16.8. The number of aromatic amines is 1. The topological polar surface area (TPSA) is 67.0 Å². The average Bonchev–Trinajstić information content (AvgIpc) is 3.15. The van der Waals surface area contributed by atoms with Crippen molar-refractivity contribution in [3.8, 4) is 28.1 Å². The van der Waals surface area contributed by atoms with Gasteiger partial charge in [0.2, 0.25) is 0 Å². The number of aromatic nitrogens is 2. The molecule has 0 aliphatic rings. The van der Waals surface area contributed by atoms with Crippen molar-refractivity contribution in [2.45, 2.75) is 13.3 Å². The van der Waals surface area contributed by atoms with Gasteiger partial charge in [-0.05, 0) is 42.3 Å². The molecule has 122 valence electrons. The van der Waals surface area contributed by atoms with E-state index in [1.807, 2.05) is 49.6 Å². The molecule has 24 heavy (non-hydrogen) atoms. The Balaban J connectivity index is 1.81. The second kappa shape index (κ2) is 7.46. The van der Waals surface area contributed by atoms with Gasteiger partial charge in [-0.15, -0.1) is 0 Å². The molecule has 2 heterocycles. The van der Waals surface area contributed by atoms with Crippen molar-refractivity contribution in [2.75, 3.05) is 6.54 Å². The van der Waals surface area contributed by atoms with Crippen LogP contribution < -0.4 is 10.1 Å². The van der Waals surface area contributed by atoms with Crippen LogP contribution in [-0.4, -0.2) is 22.6 Å². The highest BCUT2D eigenvalue weighted by Gasteiger charge is 2.07. The van der Waals surface area contributed by atoms with E-state index in [0.29, 0.717) is 12.3 Å². The zero-order valence-corrected chi connectivity index (χ0v) is 13.5. The second-order valence-electron chi connectivity index (χ2n) is 5.39. The summed E-state index contributed by atoms with van der Waals surface area (Å²) in [6.07, 6.45) is 5.92. The van der Waals surface area contributed by atoms with E-state index in [1.165, 1.54) is 0 Å². The van der Waals surface area contributed by atoms with Crippen molar-refractivity contribution in [1.82, 2.24) is 15.3 Å². The zero-order valence-electron chi connectivity index (χ0n) is 13.5. The van der Waals surface area contributed by atoms with Crippen LogP contribution in [0.1, 0.15) is 13.3 Å². The summed E-state index contributed by atoms with van der Waals surface area (Å²) in [6.45, 7) is 2.59. The lowest BCUT2D eigenvalue weighted by molar-refractivity contribution is 0.200. The lowest BCUT2D eigenvalue weighted by atomic mass is 10.0. The lowest BCUT2D eigenvalue weighted by Gasteiger charge is -2.08. The van der Waals surface area contributed by atoms with Gasteiger partial charge in [0.15, 0.2) is 0 Å². The summed E-state index contributed by atoms with van der Waals surface area (Å²) < 4.78 is 5.30. The Morgan fingerprint density at radius 3 is 2.79 bits per heavy atom. The SMILES string of the molecule is CCCNC(=O)Oc1cccc(-c2cncc(-c3ccc[nH]3)c2)c1. The van der Waals surface area contributed by atoms with Crippen LogP contribution in [0, 0.1) is 0 Å². The van der Waals surface area contributed by atoms with Gasteiger partial charge in [-0.3, -0.25) is 4.98 Å². The molecule has 0 aliphatic heterocycles. The van der Waals surface area contributed by atoms with Crippen molar-refractivity contribution < 1.29 is 9.53 Å². The third kappa shape index (κ3) is 3.81. The monoisotopic (exact) mass is 321 g/mol. The Kier molecular flexibility index (Phi) is 4.91. The number of hydrogen-bond acceptors (Lipinski definition) is 3. The molecule has 5 heteroatoms. The number of benzene rings is 1. The fraction of sp³-hybridized carbons (Fsp3) is 0.158. The first-order valence-corrected chi connectivity index (χ1v) is 7.91. The van der Waals surface area contributed by atoms with E-state index in [9.17, 15) is 4.79 Å². The smallest absolute Gasteiger partial charge is 0.410 e. The molecule has 3 rings (SSSR count). The fourth-order valence-corrected chi connectivity index (χ4v) is 2.36. The molecule has 3 aromatic rings. The van der Waals surface area contributed by atoms with Crippen LogP contribution in [0.4, 0.5) is 4.79 Å². The Morgan fingerprint density at radius 2 is 2.00 bits per heavy atom. The number of H-pyrrole nitrogens is 1. The second-order valence-corrected chi connectivity index (χ2v) is 5.39. The molecule has 2 aromatic heterocycles. The molecule has 2 N–H and O–H groups in total. The first kappa shape index (κ1) is 15.8. The summed E-state index contributed by atoms with van der Waals surface area (Å²) in [5.74, 6) is 0.506. The number of pyridine rings is 1. The van der Waals surface area contributed by atoms with Crippen LogP contribution >= 0.6 is 0 Å². The van der Waals surface area contributed by atoms with Crippen molar-refractivity contribution in [3.05, 3.63) is 61.1 Å². The van der Waals surface area contributed by atoms with E-state index in [2.05, 4.69) is 21.4 Å². The first-order chi connectivity index (χ1) is 11.8. The highest BCUT2D eigenvalue weighted by molar-refractivity contribution is 5.73. The molecule has 0 saturated carbocycles. The number of rotatable bonds is 5. The van der Waals surface area contributed by atoms with Gasteiger partial charge in [0.25, 0.3) is 0 Å². The summed E-state index contributed by atoms with van der Waals surface area (Å²) in [5.41, 5.74) is 3.92. The molecule has 0 atom stereocenters. The maximum absolute atomic E-state index is 11.7. The minimum Gasteiger partial charge on any atom is -0.410 e. The standard InChI is InChI=1S/C19H19N3O2/c1-2-8-22-19(23)24-17-6-3-5-14(11-17)15-10-16(13-20-12-15)18-7-4-9-21-18/h3-7,9-13,21H,2,8H2,1H3,(H,22,23). The van der Waals surface area contributed by atoms with Crippen LogP contribution in [0.15, 0.2) is 61.1 Å². The third-order valence-corrected chi connectivity index (χ3v) is 3.54. The van der Waals surface area contributed by atoms with Crippen molar-refractivity contribution in [3.63, 3.8) is 0 Å². The Morgan fingerprint density at radius 1 is 1.12 bits per heavy atom. The summed E-state index contributed by atoms with van der Waals surface area (Å²) in [7, 11) is 0. The summed E-state index contributed by atoms with van der Waals surface area (Å²) >= 11 is 0. The van der Waals surface area contributed by atoms with Crippen LogP contribution in [0.2, 0.25) is 0 Å². The van der Waals surface area contributed by atoms with Gasteiger partial charge in [-0.1, -0.05) is 19.1 Å². The Hall–Kier alpha value is -3.08. The molecule has 5 nitrogen and oxygen atoms in total. The van der Waals surface area contributed by atoms with E-state index in [1.54, 1.807) is 12.3 Å². The van der Waals surface area contributed by atoms with Crippen molar-refractivity contribution in [1.29, 1.82) is 0 Å². The molecular formula is C19H19N3O2. The highest BCUT2D eigenvalue weighted by Crippen LogP contribution is 2.27. The van der Waals surface area contributed by atoms with E-state index < -0.39 is 6.09 Å². The summed E-state index contributed by atoms with van der Waals surface area (Å²) in [4.78, 5) is 19.2. The van der Waals surface area contributed by atoms with E-state index in [4.69, 9.17) is 4.74 Å².